The highest BCUT2D eigenvalue weighted by Crippen LogP contribution is 2.53. The van der Waals surface area contributed by atoms with Crippen molar-refractivity contribution in [3.8, 4) is 0 Å². The van der Waals surface area contributed by atoms with Gasteiger partial charge in [-0.1, -0.05) is 32.1 Å². The Bertz CT molecular complexity index is 315. The third-order valence-electron chi connectivity index (χ3n) is 5.02. The number of hydrogen-bond acceptors (Lipinski definition) is 1. The molecule has 0 aromatic rings. The van der Waals surface area contributed by atoms with E-state index in [9.17, 15) is 5.11 Å². The number of allylic oxidation sites excluding steroid dienone is 2. The second-order valence-electron chi connectivity index (χ2n) is 5.88. The highest BCUT2D eigenvalue weighted by molar-refractivity contribution is 5.23. The summed E-state index contributed by atoms with van der Waals surface area (Å²) in [5.74, 6) is 1.31. The maximum Gasteiger partial charge on any atom is 0.0641 e. The van der Waals surface area contributed by atoms with Crippen LogP contribution in [0.3, 0.4) is 0 Å². The lowest BCUT2D eigenvalue weighted by molar-refractivity contribution is 0.145. The summed E-state index contributed by atoms with van der Waals surface area (Å²) in [4.78, 5) is 0. The minimum Gasteiger partial charge on any atom is -0.392 e. The summed E-state index contributed by atoms with van der Waals surface area (Å²) in [7, 11) is 0. The SMILES string of the molecule is C=C(CO)C1CCC2=CCCC(C)C2(C)C1. The zero-order chi connectivity index (χ0) is 11.8. The molecule has 0 aliphatic heterocycles. The highest BCUT2D eigenvalue weighted by Gasteiger charge is 2.41. The van der Waals surface area contributed by atoms with Gasteiger partial charge in [0.2, 0.25) is 0 Å². The van der Waals surface area contributed by atoms with Gasteiger partial charge < -0.3 is 5.11 Å². The molecule has 0 aromatic heterocycles. The fourth-order valence-electron chi connectivity index (χ4n) is 3.52. The second-order valence-corrected chi connectivity index (χ2v) is 5.88. The van der Waals surface area contributed by atoms with E-state index in [-0.39, 0.29) is 6.61 Å². The van der Waals surface area contributed by atoms with Crippen molar-refractivity contribution in [1.82, 2.24) is 0 Å². The molecule has 1 N–H and O–H groups in total. The maximum absolute atomic E-state index is 9.22. The zero-order valence-electron chi connectivity index (χ0n) is 10.6. The molecule has 2 aliphatic rings. The molecule has 0 spiro atoms. The number of aliphatic hydroxyl groups excluding tert-OH is 1. The van der Waals surface area contributed by atoms with Crippen LogP contribution in [0.1, 0.15) is 46.0 Å². The van der Waals surface area contributed by atoms with Crippen LogP contribution in [0.25, 0.3) is 0 Å². The van der Waals surface area contributed by atoms with Crippen LogP contribution in [-0.2, 0) is 0 Å². The molecule has 90 valence electrons. The Kier molecular flexibility index (Phi) is 3.25. The standard InChI is InChI=1S/C15H24O/c1-11(10-16)13-7-8-14-6-4-5-12(2)15(14,3)9-13/h6,12-13,16H,1,4-5,7-10H2,2-3H3. The first kappa shape index (κ1) is 11.9. The molecule has 1 fully saturated rings. The van der Waals surface area contributed by atoms with E-state index >= 15 is 0 Å². The average molecular weight is 220 g/mol. The Morgan fingerprint density at radius 2 is 2.31 bits per heavy atom. The molecule has 3 unspecified atom stereocenters. The summed E-state index contributed by atoms with van der Waals surface area (Å²) < 4.78 is 0. The molecule has 0 saturated heterocycles. The van der Waals surface area contributed by atoms with Crippen molar-refractivity contribution in [2.24, 2.45) is 17.3 Å². The molecule has 0 aromatic carbocycles. The third kappa shape index (κ3) is 1.86. The first-order valence-electron chi connectivity index (χ1n) is 6.56. The van der Waals surface area contributed by atoms with Crippen molar-refractivity contribution in [1.29, 1.82) is 0 Å². The van der Waals surface area contributed by atoms with Gasteiger partial charge in [-0.25, -0.2) is 0 Å². The molecule has 2 aliphatic carbocycles. The van der Waals surface area contributed by atoms with E-state index in [4.69, 9.17) is 0 Å². The minimum atomic E-state index is 0.161. The molecule has 2 rings (SSSR count). The lowest BCUT2D eigenvalue weighted by atomic mass is 9.58. The Morgan fingerprint density at radius 1 is 1.56 bits per heavy atom. The highest BCUT2D eigenvalue weighted by atomic mass is 16.3. The van der Waals surface area contributed by atoms with Crippen molar-refractivity contribution in [2.75, 3.05) is 6.61 Å². The van der Waals surface area contributed by atoms with Crippen LogP contribution in [0.4, 0.5) is 0 Å². The zero-order valence-corrected chi connectivity index (χ0v) is 10.6. The molecule has 16 heavy (non-hydrogen) atoms. The number of rotatable bonds is 2. The summed E-state index contributed by atoms with van der Waals surface area (Å²) >= 11 is 0. The van der Waals surface area contributed by atoms with Crippen molar-refractivity contribution in [3.05, 3.63) is 23.8 Å². The van der Waals surface area contributed by atoms with Crippen molar-refractivity contribution in [2.45, 2.75) is 46.0 Å². The van der Waals surface area contributed by atoms with Crippen molar-refractivity contribution < 1.29 is 5.11 Å². The van der Waals surface area contributed by atoms with E-state index in [2.05, 4.69) is 26.5 Å². The minimum absolute atomic E-state index is 0.161. The summed E-state index contributed by atoms with van der Waals surface area (Å²) in [6, 6.07) is 0. The Morgan fingerprint density at radius 3 is 3.00 bits per heavy atom. The lowest BCUT2D eigenvalue weighted by Crippen LogP contribution is -2.36. The Balaban J connectivity index is 2.19. The van der Waals surface area contributed by atoms with Crippen LogP contribution in [0.5, 0.6) is 0 Å². The van der Waals surface area contributed by atoms with Crippen molar-refractivity contribution >= 4 is 0 Å². The topological polar surface area (TPSA) is 20.2 Å². The van der Waals surface area contributed by atoms with E-state index in [0.29, 0.717) is 11.3 Å². The van der Waals surface area contributed by atoms with Gasteiger partial charge in [0, 0.05) is 0 Å². The van der Waals surface area contributed by atoms with E-state index in [1.807, 2.05) is 0 Å². The summed E-state index contributed by atoms with van der Waals surface area (Å²) in [5, 5.41) is 9.22. The monoisotopic (exact) mass is 220 g/mol. The van der Waals surface area contributed by atoms with Gasteiger partial charge in [0.25, 0.3) is 0 Å². The Hall–Kier alpha value is -0.560. The molecule has 1 nitrogen and oxygen atoms in total. The first-order valence-corrected chi connectivity index (χ1v) is 6.56. The predicted molar refractivity (Wildman–Crippen MR) is 68.2 cm³/mol. The van der Waals surface area contributed by atoms with Crippen LogP contribution < -0.4 is 0 Å². The number of hydrogen-bond donors (Lipinski definition) is 1. The number of fused-ring (bicyclic) bond motifs is 1. The molecule has 0 amide bonds. The van der Waals surface area contributed by atoms with E-state index < -0.39 is 0 Å². The fourth-order valence-corrected chi connectivity index (χ4v) is 3.52. The van der Waals surface area contributed by atoms with Gasteiger partial charge in [-0.2, -0.15) is 0 Å². The van der Waals surface area contributed by atoms with Gasteiger partial charge in [0.1, 0.15) is 0 Å². The van der Waals surface area contributed by atoms with Gasteiger partial charge in [-0.15, -0.1) is 0 Å². The summed E-state index contributed by atoms with van der Waals surface area (Å²) in [5.41, 5.74) is 3.09. The average Bonchev–Trinajstić information content (AvgIpc) is 2.29. The van der Waals surface area contributed by atoms with Gasteiger partial charge in [-0.3, -0.25) is 0 Å². The fraction of sp³-hybridized carbons (Fsp3) is 0.733. The van der Waals surface area contributed by atoms with E-state index in [0.717, 1.165) is 11.5 Å². The largest absolute Gasteiger partial charge is 0.392 e. The van der Waals surface area contributed by atoms with Crippen molar-refractivity contribution in [3.63, 3.8) is 0 Å². The lowest BCUT2D eigenvalue weighted by Gasteiger charge is -2.47. The van der Waals surface area contributed by atoms with E-state index in [1.165, 1.54) is 32.1 Å². The summed E-state index contributed by atoms with van der Waals surface area (Å²) in [6.45, 7) is 8.98. The van der Waals surface area contributed by atoms with Gasteiger partial charge >= 0.3 is 0 Å². The van der Waals surface area contributed by atoms with Crippen LogP contribution in [0.2, 0.25) is 0 Å². The normalized spacial score (nSPS) is 38.8. The molecular weight excluding hydrogens is 196 g/mol. The quantitative estimate of drug-likeness (QED) is 0.704. The Labute approximate surface area is 99.3 Å². The van der Waals surface area contributed by atoms with Gasteiger partial charge in [0.05, 0.1) is 6.61 Å². The van der Waals surface area contributed by atoms with Gasteiger partial charge in [-0.05, 0) is 54.9 Å². The molecule has 0 radical (unpaired) electrons. The van der Waals surface area contributed by atoms with Crippen LogP contribution in [0.15, 0.2) is 23.8 Å². The van der Waals surface area contributed by atoms with Crippen LogP contribution in [0, 0.1) is 17.3 Å². The predicted octanol–water partition coefficient (Wildman–Crippen LogP) is 3.70. The first-order chi connectivity index (χ1) is 7.58. The smallest absolute Gasteiger partial charge is 0.0641 e. The molecular formula is C15H24O. The van der Waals surface area contributed by atoms with E-state index in [1.54, 1.807) is 5.57 Å². The third-order valence-corrected chi connectivity index (χ3v) is 5.02. The second kappa shape index (κ2) is 4.37. The molecule has 3 atom stereocenters. The summed E-state index contributed by atoms with van der Waals surface area (Å²) in [6.07, 6.45) is 8.64. The number of aliphatic hydroxyl groups is 1. The van der Waals surface area contributed by atoms with Crippen LogP contribution in [-0.4, -0.2) is 11.7 Å². The van der Waals surface area contributed by atoms with Gasteiger partial charge in [0.15, 0.2) is 0 Å². The molecule has 1 heteroatoms. The molecule has 0 heterocycles. The van der Waals surface area contributed by atoms with Crippen LogP contribution >= 0.6 is 0 Å². The molecule has 0 bridgehead atoms. The maximum atomic E-state index is 9.22. The molecule has 1 saturated carbocycles.